The SMILES string of the molecule is NC(=O)NC(=O)COc1ccc(Br)cc1S(N)(=O)=O. The lowest BCUT2D eigenvalue weighted by molar-refractivity contribution is -0.122. The number of hydrogen-bond donors (Lipinski definition) is 3. The van der Waals surface area contributed by atoms with Gasteiger partial charge in [-0.2, -0.15) is 0 Å². The fourth-order valence-corrected chi connectivity index (χ4v) is 2.35. The summed E-state index contributed by atoms with van der Waals surface area (Å²) in [5.74, 6) is -0.916. The molecule has 1 aromatic rings. The molecule has 0 aliphatic carbocycles. The summed E-state index contributed by atoms with van der Waals surface area (Å²) in [6.07, 6.45) is 0. The maximum atomic E-state index is 11.3. The molecule has 0 radical (unpaired) electrons. The molecule has 0 atom stereocenters. The molecule has 0 unspecified atom stereocenters. The topological polar surface area (TPSA) is 142 Å². The van der Waals surface area contributed by atoms with Gasteiger partial charge in [0.2, 0.25) is 10.0 Å². The number of primary sulfonamides is 1. The van der Waals surface area contributed by atoms with Gasteiger partial charge in [-0.15, -0.1) is 0 Å². The summed E-state index contributed by atoms with van der Waals surface area (Å²) in [5, 5.41) is 6.78. The second-order valence-corrected chi connectivity index (χ2v) is 5.78. The number of nitrogens with two attached hydrogens (primary N) is 2. The van der Waals surface area contributed by atoms with Gasteiger partial charge in [0.05, 0.1) is 0 Å². The molecular weight excluding hydrogens is 342 g/mol. The first-order valence-corrected chi connectivity index (χ1v) is 7.08. The minimum atomic E-state index is -4.01. The predicted molar refractivity (Wildman–Crippen MR) is 68.7 cm³/mol. The number of urea groups is 1. The molecule has 0 aliphatic heterocycles. The number of primary amides is 1. The number of nitrogens with one attached hydrogen (secondary N) is 1. The lowest BCUT2D eigenvalue weighted by Gasteiger charge is -2.10. The van der Waals surface area contributed by atoms with Crippen LogP contribution in [0.5, 0.6) is 5.75 Å². The molecular formula is C9H10BrN3O5S. The van der Waals surface area contributed by atoms with Gasteiger partial charge in [-0.1, -0.05) is 15.9 Å². The maximum Gasteiger partial charge on any atom is 0.318 e. The highest BCUT2D eigenvalue weighted by molar-refractivity contribution is 9.10. The number of halogens is 1. The van der Waals surface area contributed by atoms with Crippen LogP contribution in [0.2, 0.25) is 0 Å². The van der Waals surface area contributed by atoms with Crippen molar-refractivity contribution in [1.29, 1.82) is 0 Å². The highest BCUT2D eigenvalue weighted by atomic mass is 79.9. The van der Waals surface area contributed by atoms with Crippen molar-refractivity contribution in [3.8, 4) is 5.75 Å². The molecule has 0 aromatic heterocycles. The van der Waals surface area contributed by atoms with E-state index in [2.05, 4.69) is 15.9 Å². The third kappa shape index (κ3) is 4.85. The number of sulfonamides is 1. The molecule has 0 saturated carbocycles. The molecule has 3 amide bonds. The van der Waals surface area contributed by atoms with E-state index < -0.39 is 28.6 Å². The number of amides is 3. The van der Waals surface area contributed by atoms with Crippen molar-refractivity contribution in [2.45, 2.75) is 4.90 Å². The standard InChI is InChI=1S/C9H10BrN3O5S/c10-5-1-2-6(7(3-5)19(12,16)17)18-4-8(14)13-9(11)15/h1-3H,4H2,(H2,12,16,17)(H3,11,13,14,15). The summed E-state index contributed by atoms with van der Waals surface area (Å²) >= 11 is 3.09. The Kier molecular flexibility index (Phi) is 4.86. The quantitative estimate of drug-likeness (QED) is 0.680. The van der Waals surface area contributed by atoms with Gasteiger partial charge in [0.25, 0.3) is 5.91 Å². The minimum Gasteiger partial charge on any atom is -0.482 e. The van der Waals surface area contributed by atoms with Gasteiger partial charge in [-0.05, 0) is 18.2 Å². The van der Waals surface area contributed by atoms with Gasteiger partial charge >= 0.3 is 6.03 Å². The van der Waals surface area contributed by atoms with Gasteiger partial charge < -0.3 is 10.5 Å². The Morgan fingerprint density at radius 1 is 1.37 bits per heavy atom. The van der Waals surface area contributed by atoms with Gasteiger partial charge in [-0.25, -0.2) is 18.4 Å². The van der Waals surface area contributed by atoms with Gasteiger partial charge in [0.15, 0.2) is 6.61 Å². The van der Waals surface area contributed by atoms with Gasteiger partial charge in [-0.3, -0.25) is 10.1 Å². The number of hydrogen-bond acceptors (Lipinski definition) is 5. The van der Waals surface area contributed by atoms with E-state index in [0.29, 0.717) is 4.47 Å². The second kappa shape index (κ2) is 5.99. The summed E-state index contributed by atoms with van der Waals surface area (Å²) in [5.41, 5.74) is 4.73. The summed E-state index contributed by atoms with van der Waals surface area (Å²) in [6, 6.07) is 3.03. The first kappa shape index (κ1) is 15.4. The Morgan fingerprint density at radius 2 is 2.00 bits per heavy atom. The number of ether oxygens (including phenoxy) is 1. The summed E-state index contributed by atoms with van der Waals surface area (Å²) in [4.78, 5) is 21.2. The average molecular weight is 352 g/mol. The van der Waals surface area contributed by atoms with Crippen LogP contribution in [-0.2, 0) is 14.8 Å². The molecule has 0 bridgehead atoms. The number of carbonyl (C=O) groups excluding carboxylic acids is 2. The van der Waals surface area contributed by atoms with Crippen LogP contribution in [0.25, 0.3) is 0 Å². The smallest absolute Gasteiger partial charge is 0.318 e. The van der Waals surface area contributed by atoms with Crippen molar-refractivity contribution in [1.82, 2.24) is 5.32 Å². The Labute approximate surface area is 117 Å². The molecule has 0 heterocycles. The maximum absolute atomic E-state index is 11.3. The predicted octanol–water partition coefficient (Wildman–Crippen LogP) is -0.330. The molecule has 1 rings (SSSR count). The van der Waals surface area contributed by atoms with E-state index in [0.717, 1.165) is 0 Å². The van der Waals surface area contributed by atoms with Crippen molar-refractivity contribution < 1.29 is 22.7 Å². The summed E-state index contributed by atoms with van der Waals surface area (Å²) < 4.78 is 28.1. The van der Waals surface area contributed by atoms with E-state index in [1.165, 1.54) is 18.2 Å². The number of benzene rings is 1. The van der Waals surface area contributed by atoms with Gasteiger partial charge in [0, 0.05) is 4.47 Å². The number of carbonyl (C=O) groups is 2. The monoisotopic (exact) mass is 351 g/mol. The van der Waals surface area contributed by atoms with Crippen molar-refractivity contribution >= 4 is 37.9 Å². The Balaban J connectivity index is 2.90. The van der Waals surface area contributed by atoms with Crippen molar-refractivity contribution in [3.63, 3.8) is 0 Å². The lowest BCUT2D eigenvalue weighted by Crippen LogP contribution is -2.38. The zero-order valence-corrected chi connectivity index (χ0v) is 11.8. The zero-order chi connectivity index (χ0) is 14.6. The molecule has 0 saturated heterocycles. The minimum absolute atomic E-state index is 0.106. The normalized spacial score (nSPS) is 10.8. The molecule has 0 spiro atoms. The first-order chi connectivity index (χ1) is 8.70. The molecule has 19 heavy (non-hydrogen) atoms. The number of imide groups is 1. The van der Waals surface area contributed by atoms with E-state index in [4.69, 9.17) is 15.6 Å². The summed E-state index contributed by atoms with van der Waals surface area (Å²) in [6.45, 7) is -0.576. The fraction of sp³-hybridized carbons (Fsp3) is 0.111. The van der Waals surface area contributed by atoms with Crippen LogP contribution in [0.4, 0.5) is 4.79 Å². The Bertz CT molecular complexity index is 616. The third-order valence-corrected chi connectivity index (χ3v) is 3.26. The van der Waals surface area contributed by atoms with Crippen LogP contribution in [0.3, 0.4) is 0 Å². The highest BCUT2D eigenvalue weighted by Gasteiger charge is 2.17. The second-order valence-electron chi connectivity index (χ2n) is 3.34. The van der Waals surface area contributed by atoms with Crippen LogP contribution in [-0.4, -0.2) is 27.0 Å². The fourth-order valence-electron chi connectivity index (χ4n) is 1.14. The Hall–Kier alpha value is -1.65. The van der Waals surface area contributed by atoms with E-state index in [-0.39, 0.29) is 10.6 Å². The zero-order valence-electron chi connectivity index (χ0n) is 9.42. The van der Waals surface area contributed by atoms with Crippen LogP contribution in [0.1, 0.15) is 0 Å². The van der Waals surface area contributed by atoms with E-state index in [9.17, 15) is 18.0 Å². The highest BCUT2D eigenvalue weighted by Crippen LogP contribution is 2.26. The van der Waals surface area contributed by atoms with Crippen molar-refractivity contribution in [2.75, 3.05) is 6.61 Å². The molecule has 10 heteroatoms. The van der Waals surface area contributed by atoms with Crippen LogP contribution in [0, 0.1) is 0 Å². The molecule has 0 aliphatic rings. The van der Waals surface area contributed by atoms with E-state index in [1.807, 2.05) is 0 Å². The molecule has 8 nitrogen and oxygen atoms in total. The van der Waals surface area contributed by atoms with E-state index in [1.54, 1.807) is 5.32 Å². The first-order valence-electron chi connectivity index (χ1n) is 4.74. The van der Waals surface area contributed by atoms with Crippen LogP contribution in [0.15, 0.2) is 27.6 Å². The third-order valence-electron chi connectivity index (χ3n) is 1.83. The molecule has 1 aromatic carbocycles. The van der Waals surface area contributed by atoms with Crippen LogP contribution >= 0.6 is 15.9 Å². The van der Waals surface area contributed by atoms with Crippen LogP contribution < -0.4 is 20.9 Å². The number of rotatable bonds is 4. The molecule has 0 fully saturated rings. The largest absolute Gasteiger partial charge is 0.482 e. The van der Waals surface area contributed by atoms with Crippen molar-refractivity contribution in [2.24, 2.45) is 10.9 Å². The Morgan fingerprint density at radius 3 is 2.53 bits per heavy atom. The van der Waals surface area contributed by atoms with Crippen molar-refractivity contribution in [3.05, 3.63) is 22.7 Å². The lowest BCUT2D eigenvalue weighted by atomic mass is 10.3. The average Bonchev–Trinajstić information content (AvgIpc) is 2.25. The summed E-state index contributed by atoms with van der Waals surface area (Å²) in [7, 11) is -4.01. The van der Waals surface area contributed by atoms with Gasteiger partial charge in [0.1, 0.15) is 10.6 Å². The molecule has 5 N–H and O–H groups in total. The van der Waals surface area contributed by atoms with E-state index >= 15 is 0 Å². The molecule has 104 valence electrons.